The van der Waals surface area contributed by atoms with Gasteiger partial charge in [-0.2, -0.15) is 0 Å². The maximum atomic E-state index is 4.30. The smallest absolute Gasteiger partial charge is 0.0354 e. The van der Waals surface area contributed by atoms with Gasteiger partial charge < -0.3 is 0 Å². The van der Waals surface area contributed by atoms with Gasteiger partial charge in [0.25, 0.3) is 0 Å². The number of aliphatic imine (C=N–C) groups is 1. The SMILES string of the molecule is C/C=C(/CC)N=CC(C)C. The van der Waals surface area contributed by atoms with Gasteiger partial charge >= 0.3 is 0 Å². The summed E-state index contributed by atoms with van der Waals surface area (Å²) in [5, 5.41) is 0. The summed E-state index contributed by atoms with van der Waals surface area (Å²) in [5.41, 5.74) is 1.17. The zero-order valence-corrected chi connectivity index (χ0v) is 7.39. The molecule has 0 atom stereocenters. The van der Waals surface area contributed by atoms with E-state index in [0.717, 1.165) is 6.42 Å². The lowest BCUT2D eigenvalue weighted by Gasteiger charge is -1.95. The van der Waals surface area contributed by atoms with Crippen LogP contribution in [-0.4, -0.2) is 6.21 Å². The van der Waals surface area contributed by atoms with Crippen molar-refractivity contribution in [3.63, 3.8) is 0 Å². The van der Waals surface area contributed by atoms with Gasteiger partial charge in [-0.05, 0) is 19.3 Å². The van der Waals surface area contributed by atoms with E-state index >= 15 is 0 Å². The van der Waals surface area contributed by atoms with Crippen molar-refractivity contribution in [3.05, 3.63) is 11.8 Å². The van der Waals surface area contributed by atoms with Gasteiger partial charge in [0.2, 0.25) is 0 Å². The van der Waals surface area contributed by atoms with Crippen LogP contribution in [0.4, 0.5) is 0 Å². The third kappa shape index (κ3) is 4.30. The third-order valence-corrected chi connectivity index (χ3v) is 1.23. The number of nitrogens with zero attached hydrogens (tertiary/aromatic N) is 1. The lowest BCUT2D eigenvalue weighted by molar-refractivity contribution is 0.899. The van der Waals surface area contributed by atoms with Gasteiger partial charge in [-0.15, -0.1) is 0 Å². The van der Waals surface area contributed by atoms with Gasteiger partial charge in [0.1, 0.15) is 0 Å². The van der Waals surface area contributed by atoms with Crippen LogP contribution in [0, 0.1) is 5.92 Å². The molecule has 0 saturated carbocycles. The summed E-state index contributed by atoms with van der Waals surface area (Å²) >= 11 is 0. The molecule has 0 aliphatic rings. The van der Waals surface area contributed by atoms with Gasteiger partial charge in [0.05, 0.1) is 0 Å². The molecular weight excluding hydrogens is 122 g/mol. The molecule has 0 radical (unpaired) electrons. The Morgan fingerprint density at radius 3 is 2.40 bits per heavy atom. The molecule has 0 amide bonds. The Kier molecular flexibility index (Phi) is 4.91. The van der Waals surface area contributed by atoms with Crippen LogP contribution in [0.5, 0.6) is 0 Å². The first-order chi connectivity index (χ1) is 4.70. The third-order valence-electron chi connectivity index (χ3n) is 1.23. The van der Waals surface area contributed by atoms with E-state index in [-0.39, 0.29) is 0 Å². The molecule has 0 aliphatic carbocycles. The Bertz CT molecular complexity index is 132. The second-order valence-corrected chi connectivity index (χ2v) is 2.66. The summed E-state index contributed by atoms with van der Waals surface area (Å²) in [6.45, 7) is 8.41. The van der Waals surface area contributed by atoms with Crippen molar-refractivity contribution in [3.8, 4) is 0 Å². The summed E-state index contributed by atoms with van der Waals surface area (Å²) in [6.07, 6.45) is 5.07. The molecule has 0 bridgehead atoms. The summed E-state index contributed by atoms with van der Waals surface area (Å²) in [5.74, 6) is 0.557. The highest BCUT2D eigenvalue weighted by molar-refractivity contribution is 5.61. The van der Waals surface area contributed by atoms with Crippen molar-refractivity contribution in [1.29, 1.82) is 0 Å². The normalized spacial score (nSPS) is 13.5. The summed E-state index contributed by atoms with van der Waals surface area (Å²) in [7, 11) is 0. The average molecular weight is 139 g/mol. The van der Waals surface area contributed by atoms with E-state index in [0.29, 0.717) is 5.92 Å². The van der Waals surface area contributed by atoms with Crippen molar-refractivity contribution in [2.45, 2.75) is 34.1 Å². The Morgan fingerprint density at radius 2 is 2.10 bits per heavy atom. The minimum Gasteiger partial charge on any atom is -0.266 e. The molecule has 1 heteroatoms. The zero-order chi connectivity index (χ0) is 7.98. The van der Waals surface area contributed by atoms with Crippen LogP contribution in [0.3, 0.4) is 0 Å². The molecule has 0 aromatic heterocycles. The van der Waals surface area contributed by atoms with E-state index in [1.807, 2.05) is 13.1 Å². The largest absolute Gasteiger partial charge is 0.266 e. The second-order valence-electron chi connectivity index (χ2n) is 2.66. The van der Waals surface area contributed by atoms with Crippen molar-refractivity contribution < 1.29 is 0 Å². The maximum absolute atomic E-state index is 4.30. The Balaban J connectivity index is 3.86. The second kappa shape index (κ2) is 5.21. The maximum Gasteiger partial charge on any atom is 0.0354 e. The van der Waals surface area contributed by atoms with E-state index in [9.17, 15) is 0 Å². The topological polar surface area (TPSA) is 12.4 Å². The predicted molar refractivity (Wildman–Crippen MR) is 47.4 cm³/mol. The summed E-state index contributed by atoms with van der Waals surface area (Å²) in [6, 6.07) is 0. The highest BCUT2D eigenvalue weighted by Gasteiger charge is 1.87. The van der Waals surface area contributed by atoms with Gasteiger partial charge in [-0.3, -0.25) is 4.99 Å². The van der Waals surface area contributed by atoms with Gasteiger partial charge in [0.15, 0.2) is 0 Å². The van der Waals surface area contributed by atoms with Crippen molar-refractivity contribution in [2.24, 2.45) is 10.9 Å². The minimum absolute atomic E-state index is 0.557. The lowest BCUT2D eigenvalue weighted by atomic mass is 10.2. The quantitative estimate of drug-likeness (QED) is 0.533. The first-order valence-electron chi connectivity index (χ1n) is 3.90. The summed E-state index contributed by atoms with van der Waals surface area (Å²) < 4.78 is 0. The summed E-state index contributed by atoms with van der Waals surface area (Å²) in [4.78, 5) is 4.30. The molecular formula is C9H17N. The van der Waals surface area contributed by atoms with Crippen LogP contribution in [0.2, 0.25) is 0 Å². The Morgan fingerprint density at radius 1 is 1.50 bits per heavy atom. The molecule has 0 aromatic carbocycles. The van der Waals surface area contributed by atoms with E-state index in [1.54, 1.807) is 0 Å². The Hall–Kier alpha value is -0.590. The number of hydrogen-bond acceptors (Lipinski definition) is 1. The van der Waals surface area contributed by atoms with Gasteiger partial charge in [-0.1, -0.05) is 26.8 Å². The van der Waals surface area contributed by atoms with Crippen LogP contribution in [0.1, 0.15) is 34.1 Å². The molecule has 0 saturated heterocycles. The molecule has 0 fully saturated rings. The van der Waals surface area contributed by atoms with Crippen molar-refractivity contribution in [1.82, 2.24) is 0 Å². The van der Waals surface area contributed by atoms with E-state index in [1.165, 1.54) is 5.70 Å². The van der Waals surface area contributed by atoms with Crippen LogP contribution in [0.15, 0.2) is 16.8 Å². The number of hydrogen-bond donors (Lipinski definition) is 0. The molecule has 1 nitrogen and oxygen atoms in total. The van der Waals surface area contributed by atoms with Crippen molar-refractivity contribution >= 4 is 6.21 Å². The van der Waals surface area contributed by atoms with Gasteiger partial charge in [-0.25, -0.2) is 0 Å². The molecule has 0 aromatic rings. The number of rotatable bonds is 3. The fourth-order valence-electron chi connectivity index (χ4n) is 0.615. The van der Waals surface area contributed by atoms with Crippen molar-refractivity contribution in [2.75, 3.05) is 0 Å². The molecule has 0 N–H and O–H groups in total. The minimum atomic E-state index is 0.557. The monoisotopic (exact) mass is 139 g/mol. The highest BCUT2D eigenvalue weighted by atomic mass is 14.7. The molecule has 0 aliphatic heterocycles. The first-order valence-corrected chi connectivity index (χ1v) is 3.90. The molecule has 10 heavy (non-hydrogen) atoms. The van der Waals surface area contributed by atoms with Crippen LogP contribution in [0.25, 0.3) is 0 Å². The predicted octanol–water partition coefficient (Wildman–Crippen LogP) is 3.03. The molecule has 0 spiro atoms. The molecule has 58 valence electrons. The highest BCUT2D eigenvalue weighted by Crippen LogP contribution is 2.01. The first kappa shape index (κ1) is 9.41. The van der Waals surface area contributed by atoms with E-state index in [4.69, 9.17) is 0 Å². The average Bonchev–Trinajstić information content (AvgIpc) is 1.90. The Labute approximate surface area is 63.9 Å². The number of allylic oxidation sites excluding steroid dienone is 2. The molecule has 0 unspecified atom stereocenters. The van der Waals surface area contributed by atoms with Gasteiger partial charge in [0, 0.05) is 11.9 Å². The molecule has 0 heterocycles. The molecule has 0 rings (SSSR count). The van der Waals surface area contributed by atoms with Crippen LogP contribution >= 0.6 is 0 Å². The zero-order valence-electron chi connectivity index (χ0n) is 7.39. The fraction of sp³-hybridized carbons (Fsp3) is 0.667. The van der Waals surface area contributed by atoms with E-state index < -0.39 is 0 Å². The van der Waals surface area contributed by atoms with Crippen LogP contribution in [-0.2, 0) is 0 Å². The van der Waals surface area contributed by atoms with Crippen LogP contribution < -0.4 is 0 Å². The standard InChI is InChI=1S/C9H17N/c1-5-9(6-2)10-7-8(3)4/h5,7-8H,6H2,1-4H3/b9-5-,10-7?. The fourth-order valence-corrected chi connectivity index (χ4v) is 0.615. The lowest BCUT2D eigenvalue weighted by Crippen LogP contribution is -1.87. The van der Waals surface area contributed by atoms with E-state index in [2.05, 4.69) is 31.8 Å².